The van der Waals surface area contributed by atoms with E-state index in [1.807, 2.05) is 0 Å². The molecule has 0 amide bonds. The minimum absolute atomic E-state index is 0.511. The lowest BCUT2D eigenvalue weighted by molar-refractivity contribution is 0.686. The fourth-order valence-electron chi connectivity index (χ4n) is 3.46. The average molecular weight is 277 g/mol. The number of anilines is 1. The molecule has 1 aromatic heterocycles. The highest BCUT2D eigenvalue weighted by molar-refractivity contribution is 5.79. The standard InChI is InChI=1S/C18H19N3/c1-12-6-5-9-16-18(12)21(2)17(20-16)10-13-11-19-15-8-4-3-7-14(13)15/h3-9,13,19H,10-11H2,1-2H3. The predicted molar refractivity (Wildman–Crippen MR) is 86.8 cm³/mol. The summed E-state index contributed by atoms with van der Waals surface area (Å²) in [6.45, 7) is 3.15. The van der Waals surface area contributed by atoms with Crippen LogP contribution in [0.4, 0.5) is 5.69 Å². The van der Waals surface area contributed by atoms with Gasteiger partial charge in [0.05, 0.1) is 11.0 Å². The highest BCUT2D eigenvalue weighted by Crippen LogP contribution is 2.33. The van der Waals surface area contributed by atoms with Crippen molar-refractivity contribution >= 4 is 16.7 Å². The Hall–Kier alpha value is -2.29. The molecule has 1 aliphatic rings. The van der Waals surface area contributed by atoms with E-state index in [0.29, 0.717) is 5.92 Å². The van der Waals surface area contributed by atoms with Gasteiger partial charge in [0, 0.05) is 31.6 Å². The van der Waals surface area contributed by atoms with Gasteiger partial charge in [-0.1, -0.05) is 30.3 Å². The van der Waals surface area contributed by atoms with Gasteiger partial charge >= 0.3 is 0 Å². The van der Waals surface area contributed by atoms with Gasteiger partial charge in [0.15, 0.2) is 0 Å². The zero-order valence-electron chi connectivity index (χ0n) is 12.4. The van der Waals surface area contributed by atoms with Crippen LogP contribution in [-0.2, 0) is 13.5 Å². The lowest BCUT2D eigenvalue weighted by Crippen LogP contribution is -2.09. The smallest absolute Gasteiger partial charge is 0.110 e. The third-order valence-electron chi connectivity index (χ3n) is 4.56. The van der Waals surface area contributed by atoms with Crippen LogP contribution in [-0.4, -0.2) is 16.1 Å². The van der Waals surface area contributed by atoms with Crippen LogP contribution in [0.2, 0.25) is 0 Å². The van der Waals surface area contributed by atoms with E-state index >= 15 is 0 Å². The van der Waals surface area contributed by atoms with Crippen molar-refractivity contribution in [3.8, 4) is 0 Å². The quantitative estimate of drug-likeness (QED) is 0.775. The van der Waals surface area contributed by atoms with Crippen molar-refractivity contribution < 1.29 is 0 Å². The van der Waals surface area contributed by atoms with Gasteiger partial charge in [0.2, 0.25) is 0 Å². The maximum absolute atomic E-state index is 4.84. The Morgan fingerprint density at radius 2 is 2.05 bits per heavy atom. The largest absolute Gasteiger partial charge is 0.384 e. The Morgan fingerprint density at radius 1 is 1.19 bits per heavy atom. The highest BCUT2D eigenvalue weighted by atomic mass is 15.1. The molecule has 0 spiro atoms. The Balaban J connectivity index is 1.73. The SMILES string of the molecule is Cc1cccc2nc(CC3CNc4ccccc43)n(C)c12. The molecule has 0 aliphatic carbocycles. The van der Waals surface area contributed by atoms with E-state index in [2.05, 4.69) is 66.3 Å². The second kappa shape index (κ2) is 4.62. The van der Waals surface area contributed by atoms with Gasteiger partial charge < -0.3 is 9.88 Å². The van der Waals surface area contributed by atoms with Gasteiger partial charge in [-0.2, -0.15) is 0 Å². The highest BCUT2D eigenvalue weighted by Gasteiger charge is 2.23. The van der Waals surface area contributed by atoms with Gasteiger partial charge in [-0.25, -0.2) is 4.98 Å². The van der Waals surface area contributed by atoms with E-state index in [9.17, 15) is 0 Å². The topological polar surface area (TPSA) is 29.9 Å². The summed E-state index contributed by atoms with van der Waals surface area (Å²) in [4.78, 5) is 4.84. The first-order valence-electron chi connectivity index (χ1n) is 7.48. The van der Waals surface area contributed by atoms with Crippen LogP contribution in [0.1, 0.15) is 22.9 Å². The first-order valence-corrected chi connectivity index (χ1v) is 7.48. The fourth-order valence-corrected chi connectivity index (χ4v) is 3.46. The van der Waals surface area contributed by atoms with Gasteiger partial charge in [0.1, 0.15) is 5.82 Å². The molecule has 1 aliphatic heterocycles. The summed E-state index contributed by atoms with van der Waals surface area (Å²) in [7, 11) is 2.13. The number of imidazole rings is 1. The number of nitrogens with zero attached hydrogens (tertiary/aromatic N) is 2. The zero-order valence-corrected chi connectivity index (χ0v) is 12.4. The molecule has 0 fully saturated rings. The summed E-state index contributed by atoms with van der Waals surface area (Å²) in [6, 6.07) is 14.9. The van der Waals surface area contributed by atoms with Crippen LogP contribution in [0, 0.1) is 6.92 Å². The first kappa shape index (κ1) is 12.5. The van der Waals surface area contributed by atoms with E-state index in [0.717, 1.165) is 18.5 Å². The van der Waals surface area contributed by atoms with Crippen molar-refractivity contribution in [3.05, 3.63) is 59.4 Å². The normalized spacial score (nSPS) is 17.0. The molecule has 2 aromatic carbocycles. The van der Waals surface area contributed by atoms with Crippen LogP contribution < -0.4 is 5.32 Å². The van der Waals surface area contributed by atoms with Gasteiger partial charge in [-0.15, -0.1) is 0 Å². The molecule has 3 heteroatoms. The summed E-state index contributed by atoms with van der Waals surface area (Å²) in [5.41, 5.74) is 6.34. The Morgan fingerprint density at radius 3 is 2.90 bits per heavy atom. The molecule has 0 bridgehead atoms. The first-order chi connectivity index (χ1) is 10.2. The number of rotatable bonds is 2. The van der Waals surface area contributed by atoms with Crippen molar-refractivity contribution in [1.82, 2.24) is 9.55 Å². The maximum atomic E-state index is 4.84. The van der Waals surface area contributed by atoms with E-state index in [-0.39, 0.29) is 0 Å². The molecule has 1 atom stereocenters. The predicted octanol–water partition coefficient (Wildman–Crippen LogP) is 3.63. The Kier molecular flexibility index (Phi) is 2.74. The molecule has 0 saturated carbocycles. The third-order valence-corrected chi connectivity index (χ3v) is 4.56. The minimum Gasteiger partial charge on any atom is -0.384 e. The number of hydrogen-bond acceptors (Lipinski definition) is 2. The lowest BCUT2D eigenvalue weighted by atomic mass is 9.97. The molecule has 0 saturated heterocycles. The molecule has 21 heavy (non-hydrogen) atoms. The van der Waals surface area contributed by atoms with Gasteiger partial charge in [-0.05, 0) is 30.2 Å². The van der Waals surface area contributed by atoms with Crippen LogP contribution >= 0.6 is 0 Å². The van der Waals surface area contributed by atoms with Crippen molar-refractivity contribution in [1.29, 1.82) is 0 Å². The summed E-state index contributed by atoms with van der Waals surface area (Å²) in [5.74, 6) is 1.68. The molecule has 4 rings (SSSR count). The molecule has 1 N–H and O–H groups in total. The van der Waals surface area contributed by atoms with Crippen LogP contribution in [0.25, 0.3) is 11.0 Å². The summed E-state index contributed by atoms with van der Waals surface area (Å²) in [5, 5.41) is 3.50. The Bertz CT molecular complexity index is 816. The molecule has 1 unspecified atom stereocenters. The number of aryl methyl sites for hydroxylation is 2. The van der Waals surface area contributed by atoms with Crippen LogP contribution in [0.5, 0.6) is 0 Å². The molecule has 3 aromatic rings. The number of benzene rings is 2. The number of aromatic nitrogens is 2. The van der Waals surface area contributed by atoms with Crippen molar-refractivity contribution in [2.24, 2.45) is 7.05 Å². The number of fused-ring (bicyclic) bond motifs is 2. The third kappa shape index (κ3) is 1.92. The molecule has 0 radical (unpaired) electrons. The molecule has 106 valence electrons. The number of hydrogen-bond donors (Lipinski definition) is 1. The second-order valence-electron chi connectivity index (χ2n) is 5.90. The zero-order chi connectivity index (χ0) is 14.4. The molecular weight excluding hydrogens is 258 g/mol. The number of para-hydroxylation sites is 2. The van der Waals surface area contributed by atoms with Crippen LogP contribution in [0.15, 0.2) is 42.5 Å². The van der Waals surface area contributed by atoms with E-state index in [1.165, 1.54) is 28.2 Å². The van der Waals surface area contributed by atoms with Crippen molar-refractivity contribution in [2.75, 3.05) is 11.9 Å². The minimum atomic E-state index is 0.511. The summed E-state index contributed by atoms with van der Waals surface area (Å²) >= 11 is 0. The van der Waals surface area contributed by atoms with Gasteiger partial charge in [0.25, 0.3) is 0 Å². The number of nitrogens with one attached hydrogen (secondary N) is 1. The second-order valence-corrected chi connectivity index (χ2v) is 5.90. The summed E-state index contributed by atoms with van der Waals surface area (Å²) < 4.78 is 2.26. The van der Waals surface area contributed by atoms with E-state index < -0.39 is 0 Å². The average Bonchev–Trinajstić information content (AvgIpc) is 3.03. The monoisotopic (exact) mass is 277 g/mol. The molecule has 3 nitrogen and oxygen atoms in total. The maximum Gasteiger partial charge on any atom is 0.110 e. The summed E-state index contributed by atoms with van der Waals surface area (Å²) in [6.07, 6.45) is 0.981. The van der Waals surface area contributed by atoms with Crippen LogP contribution in [0.3, 0.4) is 0 Å². The lowest BCUT2D eigenvalue weighted by Gasteiger charge is -2.10. The fraction of sp³-hybridized carbons (Fsp3) is 0.278. The van der Waals surface area contributed by atoms with Crippen molar-refractivity contribution in [3.63, 3.8) is 0 Å². The molecular formula is C18H19N3. The van der Waals surface area contributed by atoms with Crippen molar-refractivity contribution in [2.45, 2.75) is 19.3 Å². The van der Waals surface area contributed by atoms with E-state index in [4.69, 9.17) is 4.98 Å². The Labute approximate surface area is 124 Å². The van der Waals surface area contributed by atoms with Gasteiger partial charge in [-0.3, -0.25) is 0 Å². The van der Waals surface area contributed by atoms with E-state index in [1.54, 1.807) is 0 Å². The molecule has 2 heterocycles.